The highest BCUT2D eigenvalue weighted by Gasteiger charge is 2.43. The van der Waals surface area contributed by atoms with E-state index in [1.165, 1.54) is 0 Å². The van der Waals surface area contributed by atoms with Crippen molar-refractivity contribution in [2.45, 2.75) is 18.4 Å². The Hall–Kier alpha value is -1.38. The fourth-order valence-electron chi connectivity index (χ4n) is 2.97. The third kappa shape index (κ3) is 5.05. The number of nitrogens with one attached hydrogen (secondary N) is 1. The van der Waals surface area contributed by atoms with Crippen molar-refractivity contribution < 1.29 is 18.3 Å². The molecule has 2 saturated heterocycles. The van der Waals surface area contributed by atoms with Crippen LogP contribution in [0.15, 0.2) is 18.3 Å². The maximum absolute atomic E-state index is 13.2. The van der Waals surface area contributed by atoms with Gasteiger partial charge in [-0.1, -0.05) is 0 Å². The number of hydrogen-bond acceptors (Lipinski definition) is 5. The van der Waals surface area contributed by atoms with E-state index < -0.39 is 24.9 Å². The number of methoxy groups -OCH3 is 1. The minimum Gasteiger partial charge on any atom is -0.497 e. The van der Waals surface area contributed by atoms with Crippen LogP contribution in [0.5, 0.6) is 5.75 Å². The van der Waals surface area contributed by atoms with Crippen molar-refractivity contribution in [1.82, 2.24) is 15.2 Å². The van der Waals surface area contributed by atoms with Crippen LogP contribution in [0.25, 0.3) is 0 Å². The van der Waals surface area contributed by atoms with E-state index >= 15 is 0 Å². The first-order chi connectivity index (χ1) is 11.0. The average Bonchev–Trinajstić information content (AvgIpc) is 2.94. The van der Waals surface area contributed by atoms with Crippen LogP contribution in [0, 0.1) is 0 Å². The van der Waals surface area contributed by atoms with Gasteiger partial charge in [0, 0.05) is 44.9 Å². The molecule has 1 aromatic heterocycles. The van der Waals surface area contributed by atoms with Gasteiger partial charge in [0.05, 0.1) is 19.7 Å². The van der Waals surface area contributed by atoms with Gasteiger partial charge in [-0.05, 0) is 6.07 Å². The first-order valence-electron chi connectivity index (χ1n) is 7.63. The van der Waals surface area contributed by atoms with Crippen molar-refractivity contribution in [3.05, 3.63) is 18.3 Å². The largest absolute Gasteiger partial charge is 0.497 e. The van der Waals surface area contributed by atoms with Crippen LogP contribution >= 0.6 is 24.8 Å². The molecule has 2 aliphatic heterocycles. The number of carbonyl (C=O) groups is 1. The predicted octanol–water partition coefficient (Wildman–Crippen LogP) is 1.58. The minimum absolute atomic E-state index is 0. The van der Waals surface area contributed by atoms with Gasteiger partial charge in [-0.15, -0.1) is 24.8 Å². The molecule has 0 aromatic carbocycles. The van der Waals surface area contributed by atoms with Crippen LogP contribution in [-0.2, 0) is 4.79 Å². The number of amides is 1. The topological polar surface area (TPSA) is 57.7 Å². The van der Waals surface area contributed by atoms with Gasteiger partial charge in [0.15, 0.2) is 0 Å². The molecule has 3 rings (SSSR count). The van der Waals surface area contributed by atoms with Crippen molar-refractivity contribution in [3.63, 3.8) is 0 Å². The zero-order valence-corrected chi connectivity index (χ0v) is 15.4. The molecule has 1 aromatic rings. The van der Waals surface area contributed by atoms with Crippen LogP contribution in [0.1, 0.15) is 6.42 Å². The third-order valence-corrected chi connectivity index (χ3v) is 4.28. The van der Waals surface area contributed by atoms with Crippen molar-refractivity contribution in [3.8, 4) is 5.75 Å². The molecular weight excluding hydrogens is 377 g/mol. The molecule has 2 fully saturated rings. The van der Waals surface area contributed by atoms with Crippen LogP contribution in [0.2, 0.25) is 0 Å². The molecule has 1 unspecified atom stereocenters. The molecule has 0 aliphatic carbocycles. The van der Waals surface area contributed by atoms with Crippen molar-refractivity contribution in [1.29, 1.82) is 0 Å². The highest BCUT2D eigenvalue weighted by atomic mass is 35.5. The molecule has 1 N–H and O–H groups in total. The van der Waals surface area contributed by atoms with E-state index in [1.807, 2.05) is 6.07 Å². The van der Waals surface area contributed by atoms with Crippen molar-refractivity contribution >= 4 is 36.5 Å². The molecule has 1 amide bonds. The summed E-state index contributed by atoms with van der Waals surface area (Å²) in [4.78, 5) is 20.3. The Kier molecular flexibility index (Phi) is 7.64. The molecule has 0 saturated carbocycles. The smallest absolute Gasteiger partial charge is 0.262 e. The summed E-state index contributed by atoms with van der Waals surface area (Å²) in [5.41, 5.74) is 0. The summed E-state index contributed by atoms with van der Waals surface area (Å²) in [5.74, 6) is -1.50. The molecule has 1 atom stereocenters. The lowest BCUT2D eigenvalue weighted by Gasteiger charge is -2.36. The summed E-state index contributed by atoms with van der Waals surface area (Å²) >= 11 is 0. The second kappa shape index (κ2) is 8.82. The zero-order chi connectivity index (χ0) is 16.4. The number of halogens is 4. The lowest BCUT2D eigenvalue weighted by Crippen LogP contribution is -2.53. The van der Waals surface area contributed by atoms with E-state index in [0.29, 0.717) is 26.2 Å². The SMILES string of the molecule is COc1ccnc(N2CCN(C(=O)C3CC(F)(F)CN3)CC2)c1.Cl.Cl. The van der Waals surface area contributed by atoms with Gasteiger partial charge in [0.1, 0.15) is 11.6 Å². The van der Waals surface area contributed by atoms with Gasteiger partial charge in [0.2, 0.25) is 5.91 Å². The molecule has 3 heterocycles. The minimum atomic E-state index is -2.79. The summed E-state index contributed by atoms with van der Waals surface area (Å²) in [6.45, 7) is 1.82. The summed E-state index contributed by atoms with van der Waals surface area (Å²) < 4.78 is 31.6. The fourth-order valence-corrected chi connectivity index (χ4v) is 2.97. The molecule has 25 heavy (non-hydrogen) atoms. The fraction of sp³-hybridized carbons (Fsp3) is 0.600. The standard InChI is InChI=1S/C15H20F2N4O2.2ClH/c1-23-11-2-3-18-13(8-11)20-4-6-21(7-5-20)14(22)12-9-15(16,17)10-19-12;;/h2-3,8,12,19H,4-7,9-10H2,1H3;2*1H. The quantitative estimate of drug-likeness (QED) is 0.837. The van der Waals surface area contributed by atoms with Gasteiger partial charge < -0.3 is 14.5 Å². The first-order valence-corrected chi connectivity index (χ1v) is 7.63. The predicted molar refractivity (Wildman–Crippen MR) is 95.4 cm³/mol. The molecular formula is C15H22Cl2F2N4O2. The van der Waals surface area contributed by atoms with Crippen LogP contribution in [0.4, 0.5) is 14.6 Å². The van der Waals surface area contributed by atoms with Gasteiger partial charge in [0.25, 0.3) is 5.92 Å². The average molecular weight is 399 g/mol. The summed E-state index contributed by atoms with van der Waals surface area (Å²) in [5, 5.41) is 2.62. The van der Waals surface area contributed by atoms with Crippen molar-refractivity contribution in [2.75, 3.05) is 44.7 Å². The summed E-state index contributed by atoms with van der Waals surface area (Å²) in [6, 6.07) is 2.85. The normalized spacial score (nSPS) is 22.0. The summed E-state index contributed by atoms with van der Waals surface area (Å²) in [7, 11) is 1.60. The van der Waals surface area contributed by atoms with E-state index in [-0.39, 0.29) is 30.7 Å². The highest BCUT2D eigenvalue weighted by molar-refractivity contribution is 5.85. The van der Waals surface area contributed by atoms with Gasteiger partial charge in [-0.3, -0.25) is 10.1 Å². The van der Waals surface area contributed by atoms with E-state index in [9.17, 15) is 13.6 Å². The number of aromatic nitrogens is 1. The van der Waals surface area contributed by atoms with E-state index in [0.717, 1.165) is 11.6 Å². The maximum Gasteiger partial charge on any atom is 0.262 e. The lowest BCUT2D eigenvalue weighted by molar-refractivity contribution is -0.134. The highest BCUT2D eigenvalue weighted by Crippen LogP contribution is 2.26. The van der Waals surface area contributed by atoms with Crippen LogP contribution in [0.3, 0.4) is 0 Å². The van der Waals surface area contributed by atoms with Crippen LogP contribution < -0.4 is 15.0 Å². The van der Waals surface area contributed by atoms with Gasteiger partial charge in [-0.25, -0.2) is 13.8 Å². The van der Waals surface area contributed by atoms with Gasteiger partial charge >= 0.3 is 0 Å². The number of ether oxygens (including phenoxy) is 1. The second-order valence-corrected chi connectivity index (χ2v) is 5.86. The molecule has 10 heteroatoms. The van der Waals surface area contributed by atoms with E-state index in [1.54, 1.807) is 24.3 Å². The van der Waals surface area contributed by atoms with Crippen LogP contribution in [-0.4, -0.2) is 67.6 Å². The molecule has 2 aliphatic rings. The number of carbonyl (C=O) groups excluding carboxylic acids is 1. The Morgan fingerprint density at radius 3 is 2.56 bits per heavy atom. The Morgan fingerprint density at radius 1 is 1.32 bits per heavy atom. The zero-order valence-electron chi connectivity index (χ0n) is 13.8. The van der Waals surface area contributed by atoms with Gasteiger partial charge in [-0.2, -0.15) is 0 Å². The number of rotatable bonds is 3. The number of pyridine rings is 1. The Labute approximate surface area is 157 Å². The number of piperazine rings is 1. The third-order valence-electron chi connectivity index (χ3n) is 4.28. The molecule has 6 nitrogen and oxygen atoms in total. The Bertz CT molecular complexity index is 586. The van der Waals surface area contributed by atoms with E-state index in [2.05, 4.69) is 15.2 Å². The Balaban J connectivity index is 0.00000156. The molecule has 142 valence electrons. The maximum atomic E-state index is 13.2. The second-order valence-electron chi connectivity index (χ2n) is 5.86. The number of hydrogen-bond donors (Lipinski definition) is 1. The number of alkyl halides is 2. The number of nitrogens with zero attached hydrogens (tertiary/aromatic N) is 3. The Morgan fingerprint density at radius 2 is 2.00 bits per heavy atom. The monoisotopic (exact) mass is 398 g/mol. The summed E-state index contributed by atoms with van der Waals surface area (Å²) in [6.07, 6.45) is 1.26. The first kappa shape index (κ1) is 21.7. The van der Waals surface area contributed by atoms with E-state index in [4.69, 9.17) is 4.74 Å². The molecule has 0 bridgehead atoms. The number of anilines is 1. The lowest BCUT2D eigenvalue weighted by atomic mass is 10.1. The van der Waals surface area contributed by atoms with Crippen molar-refractivity contribution in [2.24, 2.45) is 0 Å². The molecule has 0 spiro atoms. The molecule has 0 radical (unpaired) electrons.